The molecule has 0 saturated carbocycles. The number of carboxylic acids is 1. The van der Waals surface area contributed by atoms with Gasteiger partial charge in [0, 0.05) is 6.42 Å². The number of hydrogen-bond donors (Lipinski definition) is 3. The van der Waals surface area contributed by atoms with Gasteiger partial charge in [-0.1, -0.05) is 20.8 Å². The van der Waals surface area contributed by atoms with Gasteiger partial charge in [0.15, 0.2) is 0 Å². The third-order valence-corrected chi connectivity index (χ3v) is 3.36. The van der Waals surface area contributed by atoms with Crippen LogP contribution in [0.3, 0.4) is 0 Å². The molecule has 0 bridgehead atoms. The van der Waals surface area contributed by atoms with Gasteiger partial charge < -0.3 is 15.7 Å². The molecule has 1 heterocycles. The standard InChI is InChI=1S/C13H24N2O3/c1-13(2,3)11(12(17)18)15-10(16)5-4-9-6-7-14-8-9/h9,11,14H,4-8H2,1-3H3,(H,15,16)(H,17,18)/t9?,11-/m1/s1. The highest BCUT2D eigenvalue weighted by Crippen LogP contribution is 2.20. The van der Waals surface area contributed by atoms with Gasteiger partial charge in [-0.05, 0) is 37.3 Å². The van der Waals surface area contributed by atoms with Crippen LogP contribution in [0, 0.1) is 11.3 Å². The molecule has 1 rings (SSSR count). The van der Waals surface area contributed by atoms with Gasteiger partial charge >= 0.3 is 5.97 Å². The van der Waals surface area contributed by atoms with E-state index in [1.165, 1.54) is 0 Å². The van der Waals surface area contributed by atoms with Gasteiger partial charge in [0.1, 0.15) is 6.04 Å². The van der Waals surface area contributed by atoms with Crippen molar-refractivity contribution in [1.82, 2.24) is 10.6 Å². The zero-order chi connectivity index (χ0) is 13.8. The minimum Gasteiger partial charge on any atom is -0.480 e. The maximum Gasteiger partial charge on any atom is 0.326 e. The quantitative estimate of drug-likeness (QED) is 0.685. The second kappa shape index (κ2) is 6.18. The first-order valence-corrected chi connectivity index (χ1v) is 6.53. The Kier molecular flexibility index (Phi) is 5.14. The fourth-order valence-electron chi connectivity index (χ4n) is 2.18. The Labute approximate surface area is 108 Å². The van der Waals surface area contributed by atoms with Gasteiger partial charge in [-0.25, -0.2) is 4.79 Å². The van der Waals surface area contributed by atoms with Crippen LogP contribution in [0.25, 0.3) is 0 Å². The van der Waals surface area contributed by atoms with Crippen molar-refractivity contribution in [1.29, 1.82) is 0 Å². The Bertz CT molecular complexity index is 304. The number of hydrogen-bond acceptors (Lipinski definition) is 3. The van der Waals surface area contributed by atoms with Gasteiger partial charge in [-0.2, -0.15) is 0 Å². The van der Waals surface area contributed by atoms with Crippen LogP contribution in [-0.2, 0) is 9.59 Å². The number of carboxylic acid groups (broad SMARTS) is 1. The topological polar surface area (TPSA) is 78.4 Å². The number of rotatable bonds is 5. The van der Waals surface area contributed by atoms with Crippen molar-refractivity contribution >= 4 is 11.9 Å². The molecule has 1 unspecified atom stereocenters. The summed E-state index contributed by atoms with van der Waals surface area (Å²) in [6.45, 7) is 7.42. The number of carbonyl (C=O) groups is 2. The molecule has 0 radical (unpaired) electrons. The number of nitrogens with one attached hydrogen (secondary N) is 2. The van der Waals surface area contributed by atoms with Crippen LogP contribution in [0.4, 0.5) is 0 Å². The number of aliphatic carboxylic acids is 1. The van der Waals surface area contributed by atoms with Crippen molar-refractivity contribution in [2.24, 2.45) is 11.3 Å². The van der Waals surface area contributed by atoms with Gasteiger partial charge in [-0.15, -0.1) is 0 Å². The molecule has 0 aromatic rings. The van der Waals surface area contributed by atoms with Crippen molar-refractivity contribution in [3.8, 4) is 0 Å². The van der Waals surface area contributed by atoms with E-state index in [4.69, 9.17) is 5.11 Å². The molecule has 1 saturated heterocycles. The molecule has 5 heteroatoms. The van der Waals surface area contributed by atoms with Crippen LogP contribution >= 0.6 is 0 Å². The normalized spacial score (nSPS) is 21.6. The number of carbonyl (C=O) groups excluding carboxylic acids is 1. The van der Waals surface area contributed by atoms with Gasteiger partial charge in [0.05, 0.1) is 0 Å². The van der Waals surface area contributed by atoms with Crippen LogP contribution in [0.2, 0.25) is 0 Å². The average molecular weight is 256 g/mol. The molecule has 1 amide bonds. The van der Waals surface area contributed by atoms with E-state index in [-0.39, 0.29) is 5.91 Å². The van der Waals surface area contributed by atoms with Crippen molar-refractivity contribution in [3.63, 3.8) is 0 Å². The SMILES string of the molecule is CC(C)(C)[C@H](NC(=O)CCC1CCNC1)C(=O)O. The van der Waals surface area contributed by atoms with Gasteiger partial charge in [0.25, 0.3) is 0 Å². The summed E-state index contributed by atoms with van der Waals surface area (Å²) in [7, 11) is 0. The molecular weight excluding hydrogens is 232 g/mol. The van der Waals surface area contributed by atoms with Crippen LogP contribution in [0.1, 0.15) is 40.0 Å². The smallest absolute Gasteiger partial charge is 0.326 e. The van der Waals surface area contributed by atoms with Gasteiger partial charge in [0.2, 0.25) is 5.91 Å². The summed E-state index contributed by atoms with van der Waals surface area (Å²) >= 11 is 0. The fourth-order valence-corrected chi connectivity index (χ4v) is 2.18. The Morgan fingerprint density at radius 1 is 1.44 bits per heavy atom. The first-order valence-electron chi connectivity index (χ1n) is 6.53. The highest BCUT2D eigenvalue weighted by molar-refractivity contribution is 5.84. The van der Waals surface area contributed by atoms with Crippen LogP contribution in [-0.4, -0.2) is 36.1 Å². The molecule has 1 fully saturated rings. The lowest BCUT2D eigenvalue weighted by atomic mass is 9.86. The molecule has 2 atom stereocenters. The van der Waals surface area contributed by atoms with E-state index >= 15 is 0 Å². The summed E-state index contributed by atoms with van der Waals surface area (Å²) in [5, 5.41) is 15.0. The summed E-state index contributed by atoms with van der Waals surface area (Å²) in [4.78, 5) is 22.9. The molecule has 1 aliphatic rings. The zero-order valence-electron chi connectivity index (χ0n) is 11.5. The lowest BCUT2D eigenvalue weighted by molar-refractivity contribution is -0.145. The Hall–Kier alpha value is -1.10. The summed E-state index contributed by atoms with van der Waals surface area (Å²) in [5.74, 6) is -0.587. The minimum atomic E-state index is -0.974. The second-order valence-corrected chi connectivity index (χ2v) is 6.10. The van der Waals surface area contributed by atoms with E-state index < -0.39 is 17.4 Å². The summed E-state index contributed by atoms with van der Waals surface area (Å²) in [6.07, 6.45) is 2.34. The molecule has 0 aliphatic carbocycles. The lowest BCUT2D eigenvalue weighted by Crippen LogP contribution is -2.49. The predicted octanol–water partition coefficient (Wildman–Crippen LogP) is 0.992. The van der Waals surface area contributed by atoms with Crippen LogP contribution < -0.4 is 10.6 Å². The Morgan fingerprint density at radius 3 is 2.56 bits per heavy atom. The van der Waals surface area contributed by atoms with Crippen molar-refractivity contribution in [2.75, 3.05) is 13.1 Å². The van der Waals surface area contributed by atoms with E-state index in [0.717, 1.165) is 25.9 Å². The second-order valence-electron chi connectivity index (χ2n) is 6.10. The maximum absolute atomic E-state index is 11.8. The van der Waals surface area contributed by atoms with Gasteiger partial charge in [-0.3, -0.25) is 4.79 Å². The molecular formula is C13H24N2O3. The first-order chi connectivity index (χ1) is 8.30. The van der Waals surface area contributed by atoms with E-state index in [0.29, 0.717) is 12.3 Å². The molecule has 5 nitrogen and oxygen atoms in total. The van der Waals surface area contributed by atoms with E-state index in [1.807, 2.05) is 20.8 Å². The summed E-state index contributed by atoms with van der Waals surface area (Å²) in [5.41, 5.74) is -0.476. The first kappa shape index (κ1) is 15.0. The minimum absolute atomic E-state index is 0.163. The van der Waals surface area contributed by atoms with Crippen molar-refractivity contribution in [2.45, 2.75) is 46.1 Å². The van der Waals surface area contributed by atoms with Crippen LogP contribution in [0.5, 0.6) is 0 Å². The van der Waals surface area contributed by atoms with Crippen LogP contribution in [0.15, 0.2) is 0 Å². The van der Waals surface area contributed by atoms with Crippen molar-refractivity contribution < 1.29 is 14.7 Å². The third kappa shape index (κ3) is 4.64. The Balaban J connectivity index is 2.39. The molecule has 3 N–H and O–H groups in total. The molecule has 1 aliphatic heterocycles. The monoisotopic (exact) mass is 256 g/mol. The summed E-state index contributed by atoms with van der Waals surface area (Å²) < 4.78 is 0. The largest absolute Gasteiger partial charge is 0.480 e. The average Bonchev–Trinajstić information content (AvgIpc) is 2.73. The number of amides is 1. The van der Waals surface area contributed by atoms with E-state index in [9.17, 15) is 9.59 Å². The zero-order valence-corrected chi connectivity index (χ0v) is 11.5. The highest BCUT2D eigenvalue weighted by atomic mass is 16.4. The molecule has 104 valence electrons. The summed E-state index contributed by atoms with van der Waals surface area (Å²) in [6, 6.07) is -0.827. The fraction of sp³-hybridized carbons (Fsp3) is 0.846. The molecule has 0 aromatic carbocycles. The van der Waals surface area contributed by atoms with E-state index in [1.54, 1.807) is 0 Å². The molecule has 0 aromatic heterocycles. The predicted molar refractivity (Wildman–Crippen MR) is 69.2 cm³/mol. The Morgan fingerprint density at radius 2 is 2.11 bits per heavy atom. The highest BCUT2D eigenvalue weighted by Gasteiger charge is 2.32. The lowest BCUT2D eigenvalue weighted by Gasteiger charge is -2.27. The molecule has 0 spiro atoms. The van der Waals surface area contributed by atoms with E-state index in [2.05, 4.69) is 10.6 Å². The molecule has 18 heavy (non-hydrogen) atoms. The maximum atomic E-state index is 11.8. The van der Waals surface area contributed by atoms with Crippen molar-refractivity contribution in [3.05, 3.63) is 0 Å². The third-order valence-electron chi connectivity index (χ3n) is 3.36.